The lowest BCUT2D eigenvalue weighted by Crippen LogP contribution is -2.09. The van der Waals surface area contributed by atoms with Crippen LogP contribution in [0.3, 0.4) is 0 Å². The minimum atomic E-state index is 1.11. The lowest BCUT2D eigenvalue weighted by atomic mass is 9.84. The minimum absolute atomic E-state index is 1.11. The van der Waals surface area contributed by atoms with Crippen LogP contribution in [0.1, 0.15) is 11.1 Å². The Labute approximate surface area is 379 Å². The molecule has 0 aliphatic heterocycles. The smallest absolute Gasteiger partial charge is 0.0462 e. The molecule has 0 spiro atoms. The highest BCUT2D eigenvalue weighted by molar-refractivity contribution is 6.24. The van der Waals surface area contributed by atoms with Crippen molar-refractivity contribution in [3.63, 3.8) is 0 Å². The summed E-state index contributed by atoms with van der Waals surface area (Å²) in [5.74, 6) is 0. The van der Waals surface area contributed by atoms with E-state index in [1.54, 1.807) is 0 Å². The molecule has 0 radical (unpaired) electrons. The van der Waals surface area contributed by atoms with Crippen molar-refractivity contribution in [2.24, 2.45) is 0 Å². The first kappa shape index (κ1) is 38.2. The summed E-state index contributed by atoms with van der Waals surface area (Å²) < 4.78 is 0. The van der Waals surface area contributed by atoms with Gasteiger partial charge in [0.1, 0.15) is 0 Å². The second-order valence-corrected chi connectivity index (χ2v) is 16.8. The largest absolute Gasteiger partial charge is 0.311 e. The molecule has 0 saturated carbocycles. The molecule has 0 N–H and O–H groups in total. The molecule has 1 heteroatoms. The summed E-state index contributed by atoms with van der Waals surface area (Å²) in [6.45, 7) is 0. The van der Waals surface area contributed by atoms with Gasteiger partial charge in [-0.3, -0.25) is 0 Å². The third-order valence-corrected chi connectivity index (χ3v) is 13.1. The van der Waals surface area contributed by atoms with Crippen LogP contribution in [0.25, 0.3) is 99.4 Å². The molecule has 12 rings (SSSR count). The zero-order chi connectivity index (χ0) is 43.1. The molecule has 0 amide bonds. The number of fused-ring (bicyclic) bond motifs is 5. The van der Waals surface area contributed by atoms with E-state index >= 15 is 0 Å². The van der Waals surface area contributed by atoms with Crippen molar-refractivity contribution in [2.45, 2.75) is 0 Å². The Bertz CT molecular complexity index is 3650. The molecule has 0 aliphatic carbocycles. The van der Waals surface area contributed by atoms with E-state index in [1.165, 1.54) is 98.4 Å². The number of nitrogens with zero attached hydrogens (tertiary/aromatic N) is 1. The molecule has 12 aromatic rings. The van der Waals surface area contributed by atoms with Crippen molar-refractivity contribution in [1.29, 1.82) is 0 Å². The maximum absolute atomic E-state index is 2.34. The molecule has 0 saturated heterocycles. The van der Waals surface area contributed by atoms with Crippen LogP contribution in [-0.4, -0.2) is 0 Å². The predicted octanol–water partition coefficient (Wildman–Crippen LogP) is 18.1. The highest BCUT2D eigenvalue weighted by Crippen LogP contribution is 2.47. The van der Waals surface area contributed by atoms with Gasteiger partial charge in [-0.2, -0.15) is 0 Å². The molecule has 12 aromatic carbocycles. The molecule has 304 valence electrons. The average molecular weight is 826 g/mol. The molecular weight excluding hydrogens is 783 g/mol. The van der Waals surface area contributed by atoms with E-state index in [0.29, 0.717) is 0 Å². The van der Waals surface area contributed by atoms with Crippen molar-refractivity contribution in [1.82, 2.24) is 0 Å². The molecule has 65 heavy (non-hydrogen) atoms. The van der Waals surface area contributed by atoms with Crippen LogP contribution in [0.2, 0.25) is 0 Å². The average Bonchev–Trinajstić information content (AvgIpc) is 3.38. The number of benzene rings is 12. The first-order valence-corrected chi connectivity index (χ1v) is 22.4. The van der Waals surface area contributed by atoms with Crippen LogP contribution in [0.15, 0.2) is 249 Å². The number of rotatable bonds is 8. The molecule has 0 aromatic heterocycles. The van der Waals surface area contributed by atoms with Crippen molar-refractivity contribution in [3.8, 4) is 33.4 Å². The van der Waals surface area contributed by atoms with Crippen LogP contribution in [0, 0.1) is 0 Å². The maximum Gasteiger partial charge on any atom is 0.0462 e. The predicted molar refractivity (Wildman–Crippen MR) is 280 cm³/mol. The molecule has 0 bridgehead atoms. The van der Waals surface area contributed by atoms with Crippen molar-refractivity contribution >= 4 is 83.1 Å². The topological polar surface area (TPSA) is 3.24 Å². The Morgan fingerprint density at radius 3 is 1.17 bits per heavy atom. The summed E-state index contributed by atoms with van der Waals surface area (Å²) in [4.78, 5) is 2.32. The van der Waals surface area contributed by atoms with Gasteiger partial charge in [-0.25, -0.2) is 0 Å². The Morgan fingerprint density at radius 2 is 0.615 bits per heavy atom. The summed E-state index contributed by atoms with van der Waals surface area (Å²) in [5.41, 5.74) is 13.2. The maximum atomic E-state index is 2.34. The number of anilines is 3. The summed E-state index contributed by atoms with van der Waals surface area (Å²) in [5, 5.41) is 12.5. The minimum Gasteiger partial charge on any atom is -0.311 e. The van der Waals surface area contributed by atoms with Gasteiger partial charge in [0.2, 0.25) is 0 Å². The molecule has 0 fully saturated rings. The Morgan fingerprint density at radius 1 is 0.231 bits per heavy atom. The lowest BCUT2D eigenvalue weighted by molar-refractivity contribution is 1.28. The highest BCUT2D eigenvalue weighted by atomic mass is 15.1. The van der Waals surface area contributed by atoms with Gasteiger partial charge >= 0.3 is 0 Å². The Kier molecular flexibility index (Phi) is 9.58. The van der Waals surface area contributed by atoms with Crippen molar-refractivity contribution in [3.05, 3.63) is 260 Å². The summed E-state index contributed by atoms with van der Waals surface area (Å²) in [6.07, 6.45) is 4.59. The van der Waals surface area contributed by atoms with Gasteiger partial charge in [-0.15, -0.1) is 0 Å². The van der Waals surface area contributed by atoms with E-state index in [-0.39, 0.29) is 0 Å². The van der Waals surface area contributed by atoms with E-state index in [1.807, 2.05) is 0 Å². The molecular formula is C64H43N. The lowest BCUT2D eigenvalue weighted by Gasteiger charge is -2.26. The number of hydrogen-bond acceptors (Lipinski definition) is 1. The first-order chi connectivity index (χ1) is 32.3. The van der Waals surface area contributed by atoms with E-state index in [4.69, 9.17) is 0 Å². The SMILES string of the molecule is C(=Cc1ccc(-c2c3ccccc3c(-c3ccc(N(c4ccccc4)c4ccccc4)cc3)c3ccccc23)c2ccccc12)c1ccc(-c2cccc3ccccc23)c2ccccc12. The van der Waals surface area contributed by atoms with Crippen LogP contribution in [0.4, 0.5) is 17.1 Å². The standard InChI is InChI=1S/C64H43N/c1-3-20-48(21-4-1)65(49-22-5-2-6-23-49)50-40-36-47(37-41-50)63-58-29-13-15-31-60(58)64(61-32-16-14-30-59(61)63)62-43-39-46(53-26-10-12-28-56(53)62)35-34-45-38-42-57(54-27-11-9-25-52(45)54)55-33-17-19-44-18-7-8-24-51(44)55/h1-43H. The number of hydrogen-bond donors (Lipinski definition) is 0. The first-order valence-electron chi connectivity index (χ1n) is 22.4. The zero-order valence-corrected chi connectivity index (χ0v) is 35.8. The van der Waals surface area contributed by atoms with Crippen LogP contribution in [0.5, 0.6) is 0 Å². The van der Waals surface area contributed by atoms with Gasteiger partial charge in [-0.05, 0) is 135 Å². The Balaban J connectivity index is 0.964. The molecule has 0 atom stereocenters. The van der Waals surface area contributed by atoms with E-state index < -0.39 is 0 Å². The summed E-state index contributed by atoms with van der Waals surface area (Å²) in [7, 11) is 0. The van der Waals surface area contributed by atoms with Gasteiger partial charge < -0.3 is 4.90 Å². The van der Waals surface area contributed by atoms with Gasteiger partial charge in [0.15, 0.2) is 0 Å². The van der Waals surface area contributed by atoms with Gasteiger partial charge in [0.05, 0.1) is 0 Å². The third kappa shape index (κ3) is 6.74. The van der Waals surface area contributed by atoms with Crippen LogP contribution >= 0.6 is 0 Å². The third-order valence-electron chi connectivity index (χ3n) is 13.1. The fourth-order valence-corrected chi connectivity index (χ4v) is 10.1. The van der Waals surface area contributed by atoms with Gasteiger partial charge in [0, 0.05) is 17.1 Å². The molecule has 1 nitrogen and oxygen atoms in total. The molecule has 0 heterocycles. The fraction of sp³-hybridized carbons (Fsp3) is 0. The summed E-state index contributed by atoms with van der Waals surface area (Å²) >= 11 is 0. The second kappa shape index (κ2) is 16.3. The van der Waals surface area contributed by atoms with Gasteiger partial charge in [0.25, 0.3) is 0 Å². The zero-order valence-electron chi connectivity index (χ0n) is 35.8. The Hall–Kier alpha value is -8.52. The molecule has 0 aliphatic rings. The van der Waals surface area contributed by atoms with E-state index in [2.05, 4.69) is 266 Å². The molecule has 0 unspecified atom stereocenters. The monoisotopic (exact) mass is 825 g/mol. The van der Waals surface area contributed by atoms with Crippen LogP contribution < -0.4 is 4.90 Å². The van der Waals surface area contributed by atoms with E-state index in [0.717, 1.165) is 17.1 Å². The van der Waals surface area contributed by atoms with E-state index in [9.17, 15) is 0 Å². The number of para-hydroxylation sites is 2. The normalized spacial score (nSPS) is 11.6. The van der Waals surface area contributed by atoms with Crippen LogP contribution in [-0.2, 0) is 0 Å². The quantitative estimate of drug-likeness (QED) is 0.109. The van der Waals surface area contributed by atoms with Crippen molar-refractivity contribution in [2.75, 3.05) is 4.90 Å². The van der Waals surface area contributed by atoms with Crippen molar-refractivity contribution < 1.29 is 0 Å². The fourth-order valence-electron chi connectivity index (χ4n) is 10.1. The highest BCUT2D eigenvalue weighted by Gasteiger charge is 2.20. The second-order valence-electron chi connectivity index (χ2n) is 16.8. The van der Waals surface area contributed by atoms with Gasteiger partial charge in [-0.1, -0.05) is 224 Å². The summed E-state index contributed by atoms with van der Waals surface area (Å²) in [6, 6.07) is 90.4.